The number of halogens is 3. The number of hydrogen-bond donors (Lipinski definition) is 1. The first-order chi connectivity index (χ1) is 20.3. The topological polar surface area (TPSA) is 52.2 Å². The van der Waals surface area contributed by atoms with Crippen LogP contribution in [0.25, 0.3) is 11.0 Å². The molecule has 1 N–H and O–H groups in total. The van der Waals surface area contributed by atoms with Crippen LogP contribution in [0.15, 0.2) is 77.7 Å². The molecule has 1 aliphatic heterocycles. The van der Waals surface area contributed by atoms with Gasteiger partial charge in [-0.2, -0.15) is 13.2 Å². The van der Waals surface area contributed by atoms with Crippen molar-refractivity contribution in [3.8, 4) is 0 Å². The van der Waals surface area contributed by atoms with Crippen LogP contribution in [0.4, 0.5) is 13.2 Å². The van der Waals surface area contributed by atoms with E-state index in [1.807, 2.05) is 35.2 Å². The van der Waals surface area contributed by atoms with E-state index in [-0.39, 0.29) is 28.6 Å². The van der Waals surface area contributed by atoms with Gasteiger partial charge in [0.05, 0.1) is 17.1 Å². The number of carbonyl (C=O) groups excluding carboxylic acids is 1. The van der Waals surface area contributed by atoms with E-state index in [0.29, 0.717) is 24.4 Å². The number of hydrogen-bond acceptors (Lipinski definition) is 4. The fourth-order valence-corrected chi connectivity index (χ4v) is 6.19. The van der Waals surface area contributed by atoms with Crippen LogP contribution in [0.5, 0.6) is 0 Å². The maximum Gasteiger partial charge on any atom is 0.446 e. The molecule has 42 heavy (non-hydrogen) atoms. The van der Waals surface area contributed by atoms with Gasteiger partial charge in [-0.05, 0) is 91.6 Å². The molecule has 1 aromatic heterocycles. The summed E-state index contributed by atoms with van der Waals surface area (Å²) in [4.78, 5) is 26.9. The van der Waals surface area contributed by atoms with Crippen molar-refractivity contribution < 1.29 is 18.0 Å². The number of aromatic amines is 1. The van der Waals surface area contributed by atoms with Crippen LogP contribution in [-0.2, 0) is 13.0 Å². The molecule has 1 atom stereocenters. The standard InChI is InChI=1S/C33H37F3N4OS/c1-2-3-21-40(32(41)24-15-17-27(18-16-24)42-33(34,35)36)30(31-37-28-13-7-8-14-29(28)38-31)22-25-11-5-6-12-26(25)23-39-19-9-4-10-20-39/h5-8,11-18,30H,2-4,9-10,19-23H2,1H3,(H,37,38). The van der Waals surface area contributed by atoms with E-state index in [1.165, 1.54) is 54.7 Å². The average Bonchev–Trinajstić information content (AvgIpc) is 3.42. The van der Waals surface area contributed by atoms with E-state index in [0.717, 1.165) is 43.5 Å². The first-order valence-corrected chi connectivity index (χ1v) is 15.5. The van der Waals surface area contributed by atoms with Gasteiger partial charge >= 0.3 is 5.51 Å². The number of amides is 1. The van der Waals surface area contributed by atoms with E-state index in [2.05, 4.69) is 35.0 Å². The fourth-order valence-electron chi connectivity index (χ4n) is 5.65. The lowest BCUT2D eigenvalue weighted by atomic mass is 9.97. The molecular formula is C33H37F3N4OS. The van der Waals surface area contributed by atoms with Crippen molar-refractivity contribution in [3.63, 3.8) is 0 Å². The molecule has 9 heteroatoms. The Labute approximate surface area is 249 Å². The van der Waals surface area contributed by atoms with Gasteiger partial charge in [-0.1, -0.05) is 56.2 Å². The van der Waals surface area contributed by atoms with Crippen molar-refractivity contribution in [3.05, 3.63) is 95.3 Å². The number of benzene rings is 3. The number of para-hydroxylation sites is 2. The average molecular weight is 595 g/mol. The molecule has 5 nitrogen and oxygen atoms in total. The largest absolute Gasteiger partial charge is 0.446 e. The Balaban J connectivity index is 1.50. The molecule has 0 spiro atoms. The second-order valence-corrected chi connectivity index (χ2v) is 12.0. The number of likely N-dealkylation sites (tertiary alicyclic amines) is 1. The van der Waals surface area contributed by atoms with Crippen molar-refractivity contribution in [2.75, 3.05) is 19.6 Å². The van der Waals surface area contributed by atoms with Crippen molar-refractivity contribution in [1.82, 2.24) is 19.8 Å². The number of aromatic nitrogens is 2. The number of piperidine rings is 1. The van der Waals surface area contributed by atoms with Gasteiger partial charge in [-0.3, -0.25) is 9.69 Å². The third-order valence-corrected chi connectivity index (χ3v) is 8.56. The third kappa shape index (κ3) is 7.75. The summed E-state index contributed by atoms with van der Waals surface area (Å²) >= 11 is -0.177. The number of alkyl halides is 3. The highest BCUT2D eigenvalue weighted by Crippen LogP contribution is 2.37. The minimum atomic E-state index is -4.38. The van der Waals surface area contributed by atoms with Crippen LogP contribution in [0.1, 0.15) is 72.4 Å². The van der Waals surface area contributed by atoms with Crippen molar-refractivity contribution in [2.24, 2.45) is 0 Å². The number of fused-ring (bicyclic) bond motifs is 1. The quantitative estimate of drug-likeness (QED) is 0.177. The highest BCUT2D eigenvalue weighted by molar-refractivity contribution is 8.00. The number of rotatable bonds is 11. The Kier molecular flexibility index (Phi) is 9.90. The van der Waals surface area contributed by atoms with E-state index in [4.69, 9.17) is 4.98 Å². The molecule has 4 aromatic rings. The number of unbranched alkanes of at least 4 members (excludes halogenated alkanes) is 1. The summed E-state index contributed by atoms with van der Waals surface area (Å²) in [5, 5.41) is 0. The Hall–Kier alpha value is -3.30. The first kappa shape index (κ1) is 30.2. The van der Waals surface area contributed by atoms with E-state index in [1.54, 1.807) is 0 Å². The molecule has 1 fully saturated rings. The number of imidazole rings is 1. The highest BCUT2D eigenvalue weighted by Gasteiger charge is 2.31. The van der Waals surface area contributed by atoms with Gasteiger partial charge in [-0.25, -0.2) is 4.98 Å². The molecule has 1 amide bonds. The van der Waals surface area contributed by atoms with Crippen LogP contribution in [0.3, 0.4) is 0 Å². The zero-order valence-electron chi connectivity index (χ0n) is 23.9. The van der Waals surface area contributed by atoms with Crippen molar-refractivity contribution >= 4 is 28.7 Å². The van der Waals surface area contributed by atoms with Gasteiger partial charge in [0, 0.05) is 30.0 Å². The van der Waals surface area contributed by atoms with Gasteiger partial charge in [0.1, 0.15) is 5.82 Å². The Morgan fingerprint density at radius 1 is 0.976 bits per heavy atom. The Morgan fingerprint density at radius 2 is 1.67 bits per heavy atom. The molecule has 3 aromatic carbocycles. The molecule has 2 heterocycles. The minimum Gasteiger partial charge on any atom is -0.340 e. The summed E-state index contributed by atoms with van der Waals surface area (Å²) in [5.74, 6) is 0.489. The van der Waals surface area contributed by atoms with Crippen molar-refractivity contribution in [1.29, 1.82) is 0 Å². The summed E-state index contributed by atoms with van der Waals surface area (Å²) in [6, 6.07) is 21.6. The van der Waals surface area contributed by atoms with Gasteiger partial charge in [0.2, 0.25) is 0 Å². The molecule has 1 saturated heterocycles. The van der Waals surface area contributed by atoms with E-state index < -0.39 is 5.51 Å². The van der Waals surface area contributed by atoms with Gasteiger partial charge in [0.25, 0.3) is 5.91 Å². The molecule has 0 saturated carbocycles. The van der Waals surface area contributed by atoms with Crippen molar-refractivity contribution in [2.45, 2.75) is 68.4 Å². The zero-order chi connectivity index (χ0) is 29.5. The Morgan fingerprint density at radius 3 is 2.36 bits per heavy atom. The van der Waals surface area contributed by atoms with Gasteiger partial charge < -0.3 is 9.88 Å². The monoisotopic (exact) mass is 594 g/mol. The summed E-state index contributed by atoms with van der Waals surface area (Å²) < 4.78 is 38.7. The number of thioether (sulfide) groups is 1. The molecular weight excluding hydrogens is 557 g/mol. The van der Waals surface area contributed by atoms with Gasteiger partial charge in [0.15, 0.2) is 0 Å². The SMILES string of the molecule is CCCCN(C(=O)c1ccc(SC(F)(F)F)cc1)C(Cc1ccccc1CN1CCCCC1)c1nc2ccccc2[nH]1. The first-order valence-electron chi connectivity index (χ1n) is 14.7. The third-order valence-electron chi connectivity index (χ3n) is 7.82. The molecule has 1 unspecified atom stereocenters. The number of H-pyrrole nitrogens is 1. The van der Waals surface area contributed by atoms with Crippen LogP contribution in [-0.4, -0.2) is 50.8 Å². The summed E-state index contributed by atoms with van der Waals surface area (Å²) in [7, 11) is 0. The number of carbonyl (C=O) groups is 1. The predicted molar refractivity (Wildman–Crippen MR) is 162 cm³/mol. The molecule has 0 bridgehead atoms. The molecule has 5 rings (SSSR count). The lowest BCUT2D eigenvalue weighted by Crippen LogP contribution is -2.38. The lowest BCUT2D eigenvalue weighted by Gasteiger charge is -2.32. The molecule has 0 radical (unpaired) electrons. The molecule has 222 valence electrons. The summed E-state index contributed by atoms with van der Waals surface area (Å²) in [5.41, 5.74) is 0.121. The smallest absolute Gasteiger partial charge is 0.340 e. The van der Waals surface area contributed by atoms with E-state index in [9.17, 15) is 18.0 Å². The molecule has 0 aliphatic carbocycles. The summed E-state index contributed by atoms with van der Waals surface area (Å²) in [6.45, 7) is 5.63. The molecule has 1 aliphatic rings. The fraction of sp³-hybridized carbons (Fsp3) is 0.394. The maximum absolute atomic E-state index is 14.1. The van der Waals surface area contributed by atoms with Crippen LogP contribution < -0.4 is 0 Å². The van der Waals surface area contributed by atoms with Crippen LogP contribution in [0.2, 0.25) is 0 Å². The van der Waals surface area contributed by atoms with Crippen LogP contribution in [0, 0.1) is 0 Å². The van der Waals surface area contributed by atoms with Crippen LogP contribution >= 0.6 is 11.8 Å². The second kappa shape index (κ2) is 13.8. The zero-order valence-corrected chi connectivity index (χ0v) is 24.7. The number of nitrogens with one attached hydrogen (secondary N) is 1. The minimum absolute atomic E-state index is 0.0552. The van der Waals surface area contributed by atoms with E-state index >= 15 is 0 Å². The lowest BCUT2D eigenvalue weighted by molar-refractivity contribution is -0.0328. The predicted octanol–water partition coefficient (Wildman–Crippen LogP) is 8.39. The summed E-state index contributed by atoms with van der Waals surface area (Å²) in [6.07, 6.45) is 5.95. The normalized spacial score (nSPS) is 15.1. The number of nitrogens with zero attached hydrogens (tertiary/aromatic N) is 3. The van der Waals surface area contributed by atoms with Gasteiger partial charge in [-0.15, -0.1) is 0 Å². The Bertz CT molecular complexity index is 1430. The highest BCUT2D eigenvalue weighted by atomic mass is 32.2. The second-order valence-electron chi connectivity index (χ2n) is 10.9. The maximum atomic E-state index is 14.1.